The third kappa shape index (κ3) is 5.06. The van der Waals surface area contributed by atoms with E-state index in [4.69, 9.17) is 20.4 Å². The highest BCUT2D eigenvalue weighted by Gasteiger charge is 2.20. The maximum Gasteiger partial charge on any atom is 0.407 e. The second-order valence-electron chi connectivity index (χ2n) is 5.59. The smallest absolute Gasteiger partial charge is 0.407 e. The summed E-state index contributed by atoms with van der Waals surface area (Å²) in [6.07, 6.45) is 0.476. The van der Waals surface area contributed by atoms with Gasteiger partial charge in [-0.05, 0) is 34.2 Å². The first kappa shape index (κ1) is 18.5. The average Bonchev–Trinajstić information content (AvgIpc) is 2.97. The van der Waals surface area contributed by atoms with E-state index in [-0.39, 0.29) is 6.61 Å². The van der Waals surface area contributed by atoms with Crippen molar-refractivity contribution in [1.82, 2.24) is 5.32 Å². The molecule has 0 radical (unpaired) electrons. The van der Waals surface area contributed by atoms with Crippen LogP contribution in [0.25, 0.3) is 11.1 Å². The number of rotatable bonds is 4. The van der Waals surface area contributed by atoms with Crippen molar-refractivity contribution in [3.8, 4) is 11.1 Å². The predicted molar refractivity (Wildman–Crippen MR) is 95.2 cm³/mol. The van der Waals surface area contributed by atoms with E-state index in [1.54, 1.807) is 0 Å². The van der Waals surface area contributed by atoms with Crippen LogP contribution < -0.4 is 11.1 Å². The zero-order valence-electron chi connectivity index (χ0n) is 14.1. The Kier molecular flexibility index (Phi) is 6.54. The van der Waals surface area contributed by atoms with Gasteiger partial charge in [0.1, 0.15) is 6.61 Å². The van der Waals surface area contributed by atoms with Gasteiger partial charge in [-0.15, -0.1) is 0 Å². The van der Waals surface area contributed by atoms with Gasteiger partial charge < -0.3 is 20.9 Å². The molecule has 4 N–H and O–H groups in total. The monoisotopic (exact) mass is 342 g/mol. The van der Waals surface area contributed by atoms with Gasteiger partial charge in [0, 0.05) is 20.0 Å². The Hall–Kier alpha value is -2.86. The normalized spacial score (nSPS) is 10.8. The topological polar surface area (TPSA) is 102 Å². The van der Waals surface area contributed by atoms with Gasteiger partial charge in [0.2, 0.25) is 0 Å². The van der Waals surface area contributed by atoms with Crippen molar-refractivity contribution in [2.45, 2.75) is 20.0 Å². The molecule has 0 bridgehead atoms. The molecule has 0 atom stereocenters. The van der Waals surface area contributed by atoms with Crippen molar-refractivity contribution in [3.63, 3.8) is 0 Å². The van der Waals surface area contributed by atoms with Crippen molar-refractivity contribution in [2.24, 2.45) is 5.73 Å². The van der Waals surface area contributed by atoms with Gasteiger partial charge in [0.25, 0.3) is 5.97 Å². The zero-order valence-corrected chi connectivity index (χ0v) is 14.1. The summed E-state index contributed by atoms with van der Waals surface area (Å²) in [5.74, 6) is -0.833. The predicted octanol–water partition coefficient (Wildman–Crippen LogP) is 2.53. The molecule has 3 rings (SSSR count). The van der Waals surface area contributed by atoms with Crippen molar-refractivity contribution in [3.05, 3.63) is 59.2 Å². The fourth-order valence-electron chi connectivity index (χ4n) is 2.73. The maximum atomic E-state index is 11.5. The highest BCUT2D eigenvalue weighted by molar-refractivity contribution is 5.78. The average molecular weight is 342 g/mol. The van der Waals surface area contributed by atoms with Gasteiger partial charge in [-0.3, -0.25) is 4.79 Å². The van der Waals surface area contributed by atoms with E-state index in [0.29, 0.717) is 13.1 Å². The first-order valence-corrected chi connectivity index (χ1v) is 8.02. The zero-order chi connectivity index (χ0) is 18.2. The molecule has 0 saturated carbocycles. The Labute approximate surface area is 146 Å². The molecule has 1 amide bonds. The standard InChI is InChI=1S/C17H18N2O2.C2H4O2/c18-8-9-19-17(20)21-11-13-5-3-7-15-14-6-2-1-4-12(14)10-16(13)15;1-2(3)4/h1-7H,8-11,18H2,(H,19,20);1H3,(H,3,4). The number of carbonyl (C=O) groups is 2. The molecule has 0 aromatic heterocycles. The Morgan fingerprint density at radius 1 is 1.16 bits per heavy atom. The fourth-order valence-corrected chi connectivity index (χ4v) is 2.73. The number of carboxylic acids is 1. The Bertz CT molecular complexity index is 755. The Balaban J connectivity index is 0.000000511. The van der Waals surface area contributed by atoms with E-state index in [9.17, 15) is 4.79 Å². The minimum atomic E-state index is -0.833. The SMILES string of the molecule is CC(=O)O.NCCNC(=O)OCc1cccc2c1Cc1ccccc1-2. The number of alkyl carbamates (subject to hydrolysis) is 1. The molecule has 0 aliphatic heterocycles. The summed E-state index contributed by atoms with van der Waals surface area (Å²) in [6, 6.07) is 14.5. The Morgan fingerprint density at radius 3 is 2.56 bits per heavy atom. The van der Waals surface area contributed by atoms with E-state index < -0.39 is 12.1 Å². The van der Waals surface area contributed by atoms with Crippen LogP contribution in [0.4, 0.5) is 4.79 Å². The highest BCUT2D eigenvalue weighted by atomic mass is 16.5. The lowest BCUT2D eigenvalue weighted by atomic mass is 10.0. The van der Waals surface area contributed by atoms with Crippen LogP contribution in [0.1, 0.15) is 23.6 Å². The van der Waals surface area contributed by atoms with Gasteiger partial charge >= 0.3 is 6.09 Å². The molecule has 1 aliphatic rings. The molecule has 0 heterocycles. The molecule has 6 heteroatoms. The van der Waals surface area contributed by atoms with Crippen molar-refractivity contribution >= 4 is 12.1 Å². The summed E-state index contributed by atoms with van der Waals surface area (Å²) in [7, 11) is 0. The molecule has 0 saturated heterocycles. The van der Waals surface area contributed by atoms with E-state index in [1.165, 1.54) is 22.3 Å². The number of carbonyl (C=O) groups excluding carboxylic acids is 1. The molecule has 2 aromatic carbocycles. The number of carboxylic acid groups (broad SMARTS) is 1. The van der Waals surface area contributed by atoms with Crippen molar-refractivity contribution < 1.29 is 19.4 Å². The number of nitrogens with one attached hydrogen (secondary N) is 1. The number of hydrogen-bond acceptors (Lipinski definition) is 4. The third-order valence-corrected chi connectivity index (χ3v) is 3.72. The van der Waals surface area contributed by atoms with Crippen LogP contribution >= 0.6 is 0 Å². The van der Waals surface area contributed by atoms with Crippen LogP contribution in [0.3, 0.4) is 0 Å². The van der Waals surface area contributed by atoms with Crippen LogP contribution in [0.2, 0.25) is 0 Å². The maximum absolute atomic E-state index is 11.5. The lowest BCUT2D eigenvalue weighted by Gasteiger charge is -2.10. The molecule has 6 nitrogen and oxygen atoms in total. The minimum Gasteiger partial charge on any atom is -0.481 e. The van der Waals surface area contributed by atoms with Gasteiger partial charge in [0.05, 0.1) is 0 Å². The summed E-state index contributed by atoms with van der Waals surface area (Å²) in [5, 5.41) is 10.0. The van der Waals surface area contributed by atoms with Crippen LogP contribution in [-0.2, 0) is 22.6 Å². The van der Waals surface area contributed by atoms with Gasteiger partial charge in [0.15, 0.2) is 0 Å². The van der Waals surface area contributed by atoms with Crippen LogP contribution in [0.5, 0.6) is 0 Å². The molecule has 0 unspecified atom stereocenters. The van der Waals surface area contributed by atoms with Crippen molar-refractivity contribution in [1.29, 1.82) is 0 Å². The lowest BCUT2D eigenvalue weighted by Crippen LogP contribution is -2.29. The van der Waals surface area contributed by atoms with E-state index in [1.807, 2.05) is 12.1 Å². The van der Waals surface area contributed by atoms with Crippen LogP contribution in [0, 0.1) is 0 Å². The lowest BCUT2D eigenvalue weighted by molar-refractivity contribution is -0.134. The van der Waals surface area contributed by atoms with E-state index >= 15 is 0 Å². The number of fused-ring (bicyclic) bond motifs is 3. The summed E-state index contributed by atoms with van der Waals surface area (Å²) < 4.78 is 5.25. The van der Waals surface area contributed by atoms with E-state index in [2.05, 4.69) is 35.6 Å². The van der Waals surface area contributed by atoms with Gasteiger partial charge in [-0.25, -0.2) is 4.79 Å². The molecule has 2 aromatic rings. The summed E-state index contributed by atoms with van der Waals surface area (Å²) in [4.78, 5) is 20.5. The quantitative estimate of drug-likeness (QED) is 0.676. The molecule has 0 spiro atoms. The largest absolute Gasteiger partial charge is 0.481 e. The number of hydrogen-bond donors (Lipinski definition) is 3. The summed E-state index contributed by atoms with van der Waals surface area (Å²) in [6.45, 7) is 2.20. The summed E-state index contributed by atoms with van der Waals surface area (Å²) >= 11 is 0. The molecule has 0 fully saturated rings. The van der Waals surface area contributed by atoms with Crippen molar-refractivity contribution in [2.75, 3.05) is 13.1 Å². The second kappa shape index (κ2) is 8.84. The molecule has 25 heavy (non-hydrogen) atoms. The van der Waals surface area contributed by atoms with Gasteiger partial charge in [-0.1, -0.05) is 42.5 Å². The Morgan fingerprint density at radius 2 is 1.84 bits per heavy atom. The first-order chi connectivity index (χ1) is 12.0. The van der Waals surface area contributed by atoms with E-state index in [0.717, 1.165) is 18.9 Å². The summed E-state index contributed by atoms with van der Waals surface area (Å²) in [5.41, 5.74) is 11.5. The van der Waals surface area contributed by atoms with Gasteiger partial charge in [-0.2, -0.15) is 0 Å². The highest BCUT2D eigenvalue weighted by Crippen LogP contribution is 2.38. The molecule has 1 aliphatic carbocycles. The molecule has 132 valence electrons. The number of amides is 1. The van der Waals surface area contributed by atoms with Crippen LogP contribution in [0.15, 0.2) is 42.5 Å². The number of aliphatic carboxylic acids is 1. The fraction of sp³-hybridized carbons (Fsp3) is 0.263. The minimum absolute atomic E-state index is 0.285. The molecular formula is C19H22N2O4. The second-order valence-corrected chi connectivity index (χ2v) is 5.59. The first-order valence-electron chi connectivity index (χ1n) is 8.02. The third-order valence-electron chi connectivity index (χ3n) is 3.72. The van der Waals surface area contributed by atoms with Crippen LogP contribution in [-0.4, -0.2) is 30.3 Å². The number of benzene rings is 2. The number of ether oxygens (including phenoxy) is 1. The molecular weight excluding hydrogens is 320 g/mol. The number of nitrogens with two attached hydrogens (primary N) is 1.